The fourth-order valence-corrected chi connectivity index (χ4v) is 3.13. The molecule has 3 rings (SSSR count). The molecular formula is C17H24Cl2N4. The molecule has 0 radical (unpaired) electrons. The van der Waals surface area contributed by atoms with Crippen LogP contribution in [0.1, 0.15) is 37.2 Å². The molecule has 1 fully saturated rings. The molecule has 23 heavy (non-hydrogen) atoms. The molecule has 0 amide bonds. The second kappa shape index (κ2) is 8.15. The van der Waals surface area contributed by atoms with Crippen LogP contribution >= 0.6 is 24.0 Å². The zero-order valence-electron chi connectivity index (χ0n) is 13.6. The van der Waals surface area contributed by atoms with E-state index in [9.17, 15) is 0 Å². The molecule has 1 aliphatic heterocycles. The highest BCUT2D eigenvalue weighted by Gasteiger charge is 2.24. The van der Waals surface area contributed by atoms with Gasteiger partial charge in [-0.1, -0.05) is 23.7 Å². The molecule has 1 N–H and O–H groups in total. The molecular weight excluding hydrogens is 331 g/mol. The fraction of sp³-hybridized carbons (Fsp3) is 0.471. The van der Waals surface area contributed by atoms with Crippen molar-refractivity contribution in [2.24, 2.45) is 0 Å². The molecule has 2 aromatic rings. The first-order chi connectivity index (χ1) is 10.6. The zero-order valence-corrected chi connectivity index (χ0v) is 15.1. The van der Waals surface area contributed by atoms with Crippen molar-refractivity contribution in [1.82, 2.24) is 20.0 Å². The molecule has 1 saturated heterocycles. The lowest BCUT2D eigenvalue weighted by molar-refractivity contribution is 0.151. The molecule has 1 atom stereocenters. The lowest BCUT2D eigenvalue weighted by atomic mass is 10.0. The number of rotatable bonds is 4. The summed E-state index contributed by atoms with van der Waals surface area (Å²) in [5, 5.41) is 8.96. The molecule has 1 unspecified atom stereocenters. The molecule has 0 spiro atoms. The van der Waals surface area contributed by atoms with E-state index < -0.39 is 0 Å². The van der Waals surface area contributed by atoms with Gasteiger partial charge in [0, 0.05) is 49.5 Å². The van der Waals surface area contributed by atoms with Crippen LogP contribution < -0.4 is 5.32 Å². The Morgan fingerprint density at radius 2 is 2.17 bits per heavy atom. The van der Waals surface area contributed by atoms with Crippen molar-refractivity contribution in [3.63, 3.8) is 0 Å². The SMILES string of the molecule is CC(C)n1ccc(CN2CCNCC2c2cccc(Cl)c2)n1.Cl. The minimum Gasteiger partial charge on any atom is -0.314 e. The van der Waals surface area contributed by atoms with Crippen molar-refractivity contribution in [1.29, 1.82) is 0 Å². The van der Waals surface area contributed by atoms with E-state index >= 15 is 0 Å². The summed E-state index contributed by atoms with van der Waals surface area (Å²) >= 11 is 6.16. The summed E-state index contributed by atoms with van der Waals surface area (Å²) in [5.74, 6) is 0. The predicted octanol–water partition coefficient (Wildman–Crippen LogP) is 3.69. The van der Waals surface area contributed by atoms with Gasteiger partial charge in [-0.05, 0) is 37.6 Å². The van der Waals surface area contributed by atoms with E-state index in [2.05, 4.69) is 53.6 Å². The van der Waals surface area contributed by atoms with E-state index in [0.29, 0.717) is 12.1 Å². The van der Waals surface area contributed by atoms with Crippen LogP contribution in [-0.4, -0.2) is 34.3 Å². The summed E-state index contributed by atoms with van der Waals surface area (Å²) in [7, 11) is 0. The van der Waals surface area contributed by atoms with Gasteiger partial charge in [0.05, 0.1) is 5.69 Å². The third-order valence-corrected chi connectivity index (χ3v) is 4.38. The molecule has 2 heterocycles. The van der Waals surface area contributed by atoms with Crippen LogP contribution in [0.25, 0.3) is 0 Å². The first-order valence-corrected chi connectivity index (χ1v) is 8.25. The van der Waals surface area contributed by atoms with E-state index in [1.807, 2.05) is 16.8 Å². The number of hydrogen-bond donors (Lipinski definition) is 1. The minimum absolute atomic E-state index is 0. The smallest absolute Gasteiger partial charge is 0.0765 e. The first kappa shape index (κ1) is 18.3. The number of piperazine rings is 1. The number of aromatic nitrogens is 2. The second-order valence-electron chi connectivity index (χ2n) is 6.13. The summed E-state index contributed by atoms with van der Waals surface area (Å²) in [6.45, 7) is 8.16. The van der Waals surface area contributed by atoms with Gasteiger partial charge in [0.2, 0.25) is 0 Å². The third kappa shape index (κ3) is 4.48. The Hall–Kier alpha value is -1.07. The first-order valence-electron chi connectivity index (χ1n) is 7.88. The Bertz CT molecular complexity index is 627. The normalized spacial score (nSPS) is 18.9. The highest BCUT2D eigenvalue weighted by molar-refractivity contribution is 6.30. The average Bonchev–Trinajstić information content (AvgIpc) is 2.97. The largest absolute Gasteiger partial charge is 0.314 e. The summed E-state index contributed by atoms with van der Waals surface area (Å²) in [5.41, 5.74) is 2.39. The van der Waals surface area contributed by atoms with Gasteiger partial charge in [0.1, 0.15) is 0 Å². The van der Waals surface area contributed by atoms with Gasteiger partial charge < -0.3 is 5.32 Å². The minimum atomic E-state index is 0. The number of hydrogen-bond acceptors (Lipinski definition) is 3. The van der Waals surface area contributed by atoms with Crippen molar-refractivity contribution in [2.45, 2.75) is 32.5 Å². The fourth-order valence-electron chi connectivity index (χ4n) is 2.94. The molecule has 0 aliphatic carbocycles. The maximum atomic E-state index is 6.16. The van der Waals surface area contributed by atoms with Gasteiger partial charge in [-0.25, -0.2) is 0 Å². The van der Waals surface area contributed by atoms with Gasteiger partial charge in [0.25, 0.3) is 0 Å². The lowest BCUT2D eigenvalue weighted by Gasteiger charge is -2.36. The van der Waals surface area contributed by atoms with Crippen molar-refractivity contribution in [2.75, 3.05) is 19.6 Å². The van der Waals surface area contributed by atoms with Crippen LogP contribution in [0.2, 0.25) is 5.02 Å². The summed E-state index contributed by atoms with van der Waals surface area (Å²) in [4.78, 5) is 2.48. The summed E-state index contributed by atoms with van der Waals surface area (Å²) in [6.07, 6.45) is 2.07. The van der Waals surface area contributed by atoms with E-state index in [4.69, 9.17) is 11.6 Å². The maximum Gasteiger partial charge on any atom is 0.0765 e. The van der Waals surface area contributed by atoms with Crippen molar-refractivity contribution < 1.29 is 0 Å². The molecule has 6 heteroatoms. The van der Waals surface area contributed by atoms with Gasteiger partial charge in [-0.15, -0.1) is 12.4 Å². The van der Waals surface area contributed by atoms with E-state index in [-0.39, 0.29) is 12.4 Å². The van der Waals surface area contributed by atoms with Crippen LogP contribution in [0.3, 0.4) is 0 Å². The summed E-state index contributed by atoms with van der Waals surface area (Å²) in [6, 6.07) is 11.0. The van der Waals surface area contributed by atoms with Crippen LogP contribution in [0.5, 0.6) is 0 Å². The Morgan fingerprint density at radius 3 is 2.87 bits per heavy atom. The second-order valence-corrected chi connectivity index (χ2v) is 6.56. The van der Waals surface area contributed by atoms with Crippen LogP contribution in [0.4, 0.5) is 0 Å². The number of nitrogens with one attached hydrogen (secondary N) is 1. The Morgan fingerprint density at radius 1 is 1.35 bits per heavy atom. The molecule has 4 nitrogen and oxygen atoms in total. The lowest BCUT2D eigenvalue weighted by Crippen LogP contribution is -2.45. The standard InChI is InChI=1S/C17H23ClN4.ClH/c1-13(2)22-8-6-16(20-22)12-21-9-7-19-11-17(21)14-4-3-5-15(18)10-14;/h3-6,8,10,13,17,19H,7,9,11-12H2,1-2H3;1H. The molecule has 1 aromatic carbocycles. The Balaban J connectivity index is 0.00000192. The molecule has 0 saturated carbocycles. The van der Waals surface area contributed by atoms with E-state index in [1.165, 1.54) is 5.56 Å². The Kier molecular flexibility index (Phi) is 6.48. The highest BCUT2D eigenvalue weighted by atomic mass is 35.5. The number of halogens is 2. The molecule has 1 aromatic heterocycles. The van der Waals surface area contributed by atoms with E-state index in [1.54, 1.807) is 0 Å². The Labute approximate surface area is 149 Å². The van der Waals surface area contributed by atoms with Gasteiger partial charge in [-0.2, -0.15) is 5.10 Å². The van der Waals surface area contributed by atoms with Crippen LogP contribution in [0.15, 0.2) is 36.5 Å². The third-order valence-electron chi connectivity index (χ3n) is 4.15. The number of benzene rings is 1. The predicted molar refractivity (Wildman–Crippen MR) is 97.3 cm³/mol. The number of nitrogens with zero attached hydrogens (tertiary/aromatic N) is 3. The molecule has 126 valence electrons. The van der Waals surface area contributed by atoms with Gasteiger partial charge in [0.15, 0.2) is 0 Å². The topological polar surface area (TPSA) is 33.1 Å². The van der Waals surface area contributed by atoms with Crippen molar-refractivity contribution in [3.8, 4) is 0 Å². The zero-order chi connectivity index (χ0) is 15.5. The van der Waals surface area contributed by atoms with Crippen molar-refractivity contribution >= 4 is 24.0 Å². The molecule has 0 bridgehead atoms. The van der Waals surface area contributed by atoms with Crippen molar-refractivity contribution in [3.05, 3.63) is 52.8 Å². The average molecular weight is 355 g/mol. The van der Waals surface area contributed by atoms with Crippen LogP contribution in [0, 0.1) is 0 Å². The quantitative estimate of drug-likeness (QED) is 0.908. The van der Waals surface area contributed by atoms with Crippen LogP contribution in [-0.2, 0) is 6.54 Å². The summed E-state index contributed by atoms with van der Waals surface area (Å²) < 4.78 is 2.02. The maximum absolute atomic E-state index is 6.16. The van der Waals surface area contributed by atoms with E-state index in [0.717, 1.165) is 36.9 Å². The monoisotopic (exact) mass is 354 g/mol. The highest BCUT2D eigenvalue weighted by Crippen LogP contribution is 2.26. The molecule has 1 aliphatic rings. The van der Waals surface area contributed by atoms with Gasteiger partial charge in [-0.3, -0.25) is 9.58 Å². The van der Waals surface area contributed by atoms with Gasteiger partial charge >= 0.3 is 0 Å².